The summed E-state index contributed by atoms with van der Waals surface area (Å²) in [6.07, 6.45) is 2.92. The average molecular weight is 432 g/mol. The van der Waals surface area contributed by atoms with Crippen LogP contribution in [0.15, 0.2) is 24.3 Å². The van der Waals surface area contributed by atoms with E-state index in [1.807, 2.05) is 17.0 Å². The van der Waals surface area contributed by atoms with Crippen molar-refractivity contribution < 1.29 is 9.18 Å². The van der Waals surface area contributed by atoms with Crippen LogP contribution in [0.4, 0.5) is 9.18 Å². The van der Waals surface area contributed by atoms with Gasteiger partial charge in [0.25, 0.3) is 0 Å². The minimum Gasteiger partial charge on any atom is -0.333 e. The van der Waals surface area contributed by atoms with Crippen LogP contribution in [0, 0.1) is 22.6 Å². The predicted molar refractivity (Wildman–Crippen MR) is 125 cm³/mol. The van der Waals surface area contributed by atoms with Crippen LogP contribution in [0.5, 0.6) is 0 Å². The molecule has 2 saturated heterocycles. The molecule has 0 aromatic heterocycles. The zero-order chi connectivity index (χ0) is 23.0. The Morgan fingerprint density at radius 1 is 1.13 bits per heavy atom. The van der Waals surface area contributed by atoms with Crippen molar-refractivity contribution in [2.45, 2.75) is 79.3 Å². The highest BCUT2D eigenvalue weighted by Gasteiger charge is 2.54. The van der Waals surface area contributed by atoms with Crippen LogP contribution in [-0.4, -0.2) is 47.5 Å². The van der Waals surface area contributed by atoms with Gasteiger partial charge in [0.2, 0.25) is 0 Å². The van der Waals surface area contributed by atoms with Crippen LogP contribution in [0.1, 0.15) is 79.3 Å². The Hall–Kier alpha value is -1.62. The minimum absolute atomic E-state index is 0.0563. The van der Waals surface area contributed by atoms with Gasteiger partial charge in [-0.15, -0.1) is 0 Å². The molecule has 0 aliphatic carbocycles. The van der Waals surface area contributed by atoms with Gasteiger partial charge in [-0.05, 0) is 62.1 Å². The molecule has 4 nitrogen and oxygen atoms in total. The molecule has 1 N–H and O–H groups in total. The van der Waals surface area contributed by atoms with Gasteiger partial charge in [-0.2, -0.15) is 0 Å². The summed E-state index contributed by atoms with van der Waals surface area (Å²) in [4.78, 5) is 17.5. The molecule has 31 heavy (non-hydrogen) atoms. The lowest BCUT2D eigenvalue weighted by molar-refractivity contribution is -0.112. The first-order valence-corrected chi connectivity index (χ1v) is 11.9. The van der Waals surface area contributed by atoms with Gasteiger partial charge in [0.05, 0.1) is 0 Å². The molecule has 5 heteroatoms. The molecule has 2 heterocycles. The molecular weight excluding hydrogens is 389 g/mol. The Kier molecular flexibility index (Phi) is 6.76. The van der Waals surface area contributed by atoms with Crippen molar-refractivity contribution in [3.63, 3.8) is 0 Å². The van der Waals surface area contributed by atoms with Gasteiger partial charge in [0.15, 0.2) is 0 Å². The summed E-state index contributed by atoms with van der Waals surface area (Å²) in [7, 11) is 0. The number of nitrogens with zero attached hydrogens (tertiary/aromatic N) is 2. The first-order valence-electron chi connectivity index (χ1n) is 11.9. The summed E-state index contributed by atoms with van der Waals surface area (Å²) < 4.78 is 13.5. The van der Waals surface area contributed by atoms with Gasteiger partial charge in [-0.3, -0.25) is 4.90 Å². The van der Waals surface area contributed by atoms with E-state index in [0.717, 1.165) is 45.4 Å². The van der Waals surface area contributed by atoms with Crippen molar-refractivity contribution in [3.05, 3.63) is 35.6 Å². The van der Waals surface area contributed by atoms with Gasteiger partial charge in [0.1, 0.15) is 5.82 Å². The maximum absolute atomic E-state index is 13.5. The summed E-state index contributed by atoms with van der Waals surface area (Å²) in [5.74, 6) is 0.410. The lowest BCUT2D eigenvalue weighted by Crippen LogP contribution is -2.64. The molecule has 0 bridgehead atoms. The second kappa shape index (κ2) is 8.73. The number of urea groups is 1. The molecule has 3 rings (SSSR count). The zero-order valence-electron chi connectivity index (χ0n) is 20.6. The highest BCUT2D eigenvalue weighted by molar-refractivity contribution is 5.75. The SMILES string of the molecule is CC(C)CN1CC2(CCN(C(=O)NC(C)(C)CC(C)(C)C)CC2)C1c1ccc(F)cc1. The van der Waals surface area contributed by atoms with E-state index in [1.54, 1.807) is 12.1 Å². The number of benzene rings is 1. The number of likely N-dealkylation sites (tertiary alicyclic amines) is 2. The molecule has 2 amide bonds. The molecular formula is C26H42FN3O. The van der Waals surface area contributed by atoms with Crippen LogP contribution in [0.3, 0.4) is 0 Å². The summed E-state index contributed by atoms with van der Waals surface area (Å²) >= 11 is 0. The lowest BCUT2D eigenvalue weighted by Gasteiger charge is -2.61. The number of rotatable bonds is 5. The number of carbonyl (C=O) groups excluding carboxylic acids is 1. The van der Waals surface area contributed by atoms with Crippen molar-refractivity contribution in [2.75, 3.05) is 26.2 Å². The highest BCUT2D eigenvalue weighted by atomic mass is 19.1. The summed E-state index contributed by atoms with van der Waals surface area (Å²) in [5.41, 5.74) is 1.32. The second-order valence-electron chi connectivity index (χ2n) is 12.2. The predicted octanol–water partition coefficient (Wildman–Crippen LogP) is 5.85. The molecule has 0 radical (unpaired) electrons. The van der Waals surface area contributed by atoms with E-state index in [9.17, 15) is 9.18 Å². The first-order chi connectivity index (χ1) is 14.3. The highest BCUT2D eigenvalue weighted by Crippen LogP contribution is 2.55. The van der Waals surface area contributed by atoms with Crippen molar-refractivity contribution in [1.29, 1.82) is 0 Å². The average Bonchev–Trinajstić information content (AvgIpc) is 2.60. The number of carbonyl (C=O) groups is 1. The van der Waals surface area contributed by atoms with Gasteiger partial charge in [-0.25, -0.2) is 9.18 Å². The molecule has 1 atom stereocenters. The van der Waals surface area contributed by atoms with Crippen LogP contribution >= 0.6 is 0 Å². The molecule has 0 saturated carbocycles. The smallest absolute Gasteiger partial charge is 0.317 e. The van der Waals surface area contributed by atoms with Crippen molar-refractivity contribution in [1.82, 2.24) is 15.1 Å². The number of amides is 2. The molecule has 2 aliphatic heterocycles. The fraction of sp³-hybridized carbons (Fsp3) is 0.731. The van der Waals surface area contributed by atoms with Crippen molar-refractivity contribution >= 4 is 6.03 Å². The second-order valence-corrected chi connectivity index (χ2v) is 12.2. The molecule has 1 aromatic rings. The number of piperidine rings is 1. The fourth-order valence-electron chi connectivity index (χ4n) is 6.03. The van der Waals surface area contributed by atoms with Crippen molar-refractivity contribution in [2.24, 2.45) is 16.7 Å². The Morgan fingerprint density at radius 3 is 2.23 bits per heavy atom. The van der Waals surface area contributed by atoms with Gasteiger partial charge >= 0.3 is 6.03 Å². The molecule has 174 valence electrons. The van der Waals surface area contributed by atoms with Crippen LogP contribution < -0.4 is 5.32 Å². The maximum Gasteiger partial charge on any atom is 0.317 e. The van der Waals surface area contributed by atoms with Gasteiger partial charge < -0.3 is 10.2 Å². The fourth-order valence-corrected chi connectivity index (χ4v) is 6.03. The Labute approximate surface area is 188 Å². The van der Waals surface area contributed by atoms with Crippen LogP contribution in [0.2, 0.25) is 0 Å². The van der Waals surface area contributed by atoms with Gasteiger partial charge in [0, 0.05) is 43.2 Å². The molecule has 1 unspecified atom stereocenters. The number of nitrogens with one attached hydrogen (secondary N) is 1. The topological polar surface area (TPSA) is 35.6 Å². The summed E-state index contributed by atoms with van der Waals surface area (Å²) in [6.45, 7) is 19.0. The van der Waals surface area contributed by atoms with E-state index in [-0.39, 0.29) is 28.2 Å². The third kappa shape index (κ3) is 5.79. The molecule has 1 spiro atoms. The first kappa shape index (κ1) is 24.0. The summed E-state index contributed by atoms with van der Waals surface area (Å²) in [5, 5.41) is 3.26. The van der Waals surface area contributed by atoms with E-state index in [2.05, 4.69) is 58.7 Å². The zero-order valence-corrected chi connectivity index (χ0v) is 20.6. The molecule has 2 aliphatic rings. The Bertz CT molecular complexity index is 758. The minimum atomic E-state index is -0.231. The van der Waals surface area contributed by atoms with E-state index < -0.39 is 0 Å². The van der Waals surface area contributed by atoms with E-state index in [4.69, 9.17) is 0 Å². The maximum atomic E-state index is 13.5. The van der Waals surface area contributed by atoms with E-state index in [0.29, 0.717) is 12.0 Å². The van der Waals surface area contributed by atoms with Gasteiger partial charge in [-0.1, -0.05) is 46.8 Å². The third-order valence-electron chi connectivity index (χ3n) is 6.71. The standard InChI is InChI=1S/C26H42FN3O/c1-19(2)16-30-18-26(22(30)20-8-10-21(27)11-9-20)12-14-29(15-13-26)23(31)28-25(6,7)17-24(3,4)5/h8-11,19,22H,12-18H2,1-7H3,(H,28,31). The number of hydrogen-bond acceptors (Lipinski definition) is 2. The third-order valence-corrected chi connectivity index (χ3v) is 6.71. The van der Waals surface area contributed by atoms with E-state index in [1.165, 1.54) is 5.56 Å². The Balaban J connectivity index is 1.66. The largest absolute Gasteiger partial charge is 0.333 e. The normalized spacial score (nSPS) is 22.0. The molecule has 1 aromatic carbocycles. The Morgan fingerprint density at radius 2 is 1.71 bits per heavy atom. The number of hydrogen-bond donors (Lipinski definition) is 1. The molecule has 2 fully saturated rings. The van der Waals surface area contributed by atoms with Crippen LogP contribution in [0.25, 0.3) is 0 Å². The van der Waals surface area contributed by atoms with Crippen molar-refractivity contribution in [3.8, 4) is 0 Å². The summed E-state index contributed by atoms with van der Waals surface area (Å²) in [6, 6.07) is 7.42. The van der Waals surface area contributed by atoms with Crippen LogP contribution in [-0.2, 0) is 0 Å². The number of halogens is 1. The van der Waals surface area contributed by atoms with E-state index >= 15 is 0 Å². The monoisotopic (exact) mass is 431 g/mol. The quantitative estimate of drug-likeness (QED) is 0.635. The lowest BCUT2D eigenvalue weighted by atomic mass is 9.63.